The van der Waals surface area contributed by atoms with Crippen LogP contribution in [-0.2, 0) is 42.1 Å². The summed E-state index contributed by atoms with van der Waals surface area (Å²) in [6, 6.07) is 6.33. The Morgan fingerprint density at radius 2 is 1.87 bits per heavy atom. The van der Waals surface area contributed by atoms with Crippen LogP contribution in [0.3, 0.4) is 0 Å². The minimum atomic E-state index is -4.07. The second kappa shape index (κ2) is 15.0. The van der Waals surface area contributed by atoms with Crippen LogP contribution in [-0.4, -0.2) is 78.8 Å². The van der Waals surface area contributed by atoms with E-state index in [1.165, 1.54) is 49.9 Å². The Morgan fingerprint density at radius 3 is 2.55 bits per heavy atom. The topological polar surface area (TPSA) is 227 Å². The molecule has 16 nitrogen and oxygen atoms in total. The normalized spacial score (nSPS) is 12.0. The van der Waals surface area contributed by atoms with E-state index in [4.69, 9.17) is 19.9 Å². The second-order valence-corrected chi connectivity index (χ2v) is 12.1. The van der Waals surface area contributed by atoms with E-state index in [1.54, 1.807) is 20.8 Å². The van der Waals surface area contributed by atoms with Gasteiger partial charge in [-0.3, -0.25) is 14.2 Å². The zero-order valence-corrected chi connectivity index (χ0v) is 27.0. The van der Waals surface area contributed by atoms with Crippen molar-refractivity contribution in [2.45, 2.75) is 44.7 Å². The minimum absolute atomic E-state index is 0.0519. The van der Waals surface area contributed by atoms with Crippen LogP contribution in [0.5, 0.6) is 0 Å². The van der Waals surface area contributed by atoms with Crippen molar-refractivity contribution in [3.05, 3.63) is 81.4 Å². The fourth-order valence-corrected chi connectivity index (χ4v) is 5.80. The lowest BCUT2D eigenvalue weighted by Crippen LogP contribution is -2.36. The third-order valence-corrected chi connectivity index (χ3v) is 8.53. The average molecular weight is 670 g/mol. The molecule has 2 aromatic heterocycles. The molecule has 17 heteroatoms. The summed E-state index contributed by atoms with van der Waals surface area (Å²) in [5.41, 5.74) is 6.92. The van der Waals surface area contributed by atoms with E-state index < -0.39 is 46.3 Å². The van der Waals surface area contributed by atoms with Gasteiger partial charge in [0.1, 0.15) is 17.5 Å². The number of nitrogens with two attached hydrogens (primary N) is 1. The van der Waals surface area contributed by atoms with Gasteiger partial charge in [0.05, 0.1) is 41.6 Å². The van der Waals surface area contributed by atoms with Crippen LogP contribution in [0.2, 0.25) is 0 Å². The summed E-state index contributed by atoms with van der Waals surface area (Å²) in [6.07, 6.45) is 2.26. The number of sulfonamides is 1. The predicted octanol–water partition coefficient (Wildman–Crippen LogP) is 1.15. The zero-order valence-electron chi connectivity index (χ0n) is 26.2. The highest BCUT2D eigenvalue weighted by molar-refractivity contribution is 7.89. The Morgan fingerprint density at radius 1 is 1.13 bits per heavy atom. The third kappa shape index (κ3) is 7.82. The number of amides is 1. The van der Waals surface area contributed by atoms with E-state index in [-0.39, 0.29) is 59.1 Å². The number of fused-ring (bicyclic) bond motifs is 1. The number of hydrogen-bond acceptors (Lipinski definition) is 12. The maximum absolute atomic E-state index is 14.2. The van der Waals surface area contributed by atoms with Crippen LogP contribution >= 0.6 is 0 Å². The number of ether oxygens (including phenoxy) is 3. The molecule has 1 atom stereocenters. The molecule has 2 heterocycles. The van der Waals surface area contributed by atoms with Crippen LogP contribution in [0.15, 0.2) is 52.5 Å². The number of nitrogens with one attached hydrogen (secondary N) is 3. The van der Waals surface area contributed by atoms with Crippen LogP contribution in [0.25, 0.3) is 16.6 Å². The Balaban J connectivity index is 1.62. The van der Waals surface area contributed by atoms with E-state index >= 15 is 0 Å². The average Bonchev–Trinajstić information content (AvgIpc) is 3.55. The summed E-state index contributed by atoms with van der Waals surface area (Å²) in [7, 11) is -2.84. The molecule has 0 bridgehead atoms. The van der Waals surface area contributed by atoms with Gasteiger partial charge in [0.2, 0.25) is 10.0 Å². The number of imidazole rings is 1. The second-order valence-electron chi connectivity index (χ2n) is 10.2. The minimum Gasteiger partial charge on any atom is -0.463 e. The smallest absolute Gasteiger partial charge is 0.407 e. The highest BCUT2D eigenvalue weighted by atomic mass is 32.2. The molecule has 2 aromatic carbocycles. The van der Waals surface area contributed by atoms with E-state index in [1.807, 2.05) is 0 Å². The summed E-state index contributed by atoms with van der Waals surface area (Å²) in [5.74, 6) is -1.40. The van der Waals surface area contributed by atoms with Gasteiger partial charge in [0, 0.05) is 18.3 Å². The monoisotopic (exact) mass is 669 g/mol. The molecule has 4 aromatic rings. The molecule has 0 fully saturated rings. The fraction of sp³-hybridized carbons (Fsp3) is 0.333. The predicted molar refractivity (Wildman–Crippen MR) is 168 cm³/mol. The van der Waals surface area contributed by atoms with Crippen molar-refractivity contribution in [3.8, 4) is 5.69 Å². The van der Waals surface area contributed by atoms with Gasteiger partial charge in [-0.2, -0.15) is 0 Å². The van der Waals surface area contributed by atoms with Crippen molar-refractivity contribution < 1.29 is 37.0 Å². The number of aromatic nitrogens is 4. The lowest BCUT2D eigenvalue weighted by Gasteiger charge is -2.19. The van der Waals surface area contributed by atoms with Gasteiger partial charge in [0.15, 0.2) is 12.4 Å². The summed E-state index contributed by atoms with van der Waals surface area (Å²) >= 11 is 0. The molecule has 0 saturated heterocycles. The number of nitrogens with zero attached hydrogens (tertiary/aromatic N) is 3. The molecule has 0 spiro atoms. The molecule has 0 aliphatic carbocycles. The van der Waals surface area contributed by atoms with Gasteiger partial charge in [-0.05, 0) is 57.1 Å². The summed E-state index contributed by atoms with van der Waals surface area (Å²) in [6.45, 7) is 4.15. The van der Waals surface area contributed by atoms with Crippen molar-refractivity contribution in [1.82, 2.24) is 29.6 Å². The Kier molecular flexibility index (Phi) is 11.1. The van der Waals surface area contributed by atoms with Crippen LogP contribution in [0.1, 0.15) is 39.9 Å². The summed E-state index contributed by atoms with van der Waals surface area (Å²) in [5, 5.41) is 2.48. The Bertz CT molecular complexity index is 1960. The first-order chi connectivity index (χ1) is 22.4. The summed E-state index contributed by atoms with van der Waals surface area (Å²) in [4.78, 5) is 62.7. The Hall–Kier alpha value is -5.13. The number of carbonyl (C=O) groups is 3. The number of hydrogen-bond donors (Lipinski definition) is 4. The van der Waals surface area contributed by atoms with Crippen molar-refractivity contribution in [1.29, 1.82) is 0 Å². The number of para-hydroxylation sites is 1. The quantitative estimate of drug-likeness (QED) is 0.0893. The number of benzene rings is 2. The number of aromatic amines is 1. The zero-order chi connectivity index (χ0) is 34.3. The molecular weight excluding hydrogens is 634 g/mol. The van der Waals surface area contributed by atoms with Gasteiger partial charge in [-0.15, -0.1) is 0 Å². The molecular formula is C30H35N7O9S. The highest BCUT2D eigenvalue weighted by Gasteiger charge is 2.25. The number of esters is 2. The number of carbonyl (C=O) groups excluding carboxylic acids is 3. The maximum Gasteiger partial charge on any atom is 0.407 e. The lowest BCUT2D eigenvalue weighted by molar-refractivity contribution is -0.145. The van der Waals surface area contributed by atoms with Gasteiger partial charge >= 0.3 is 18.0 Å². The number of H-pyrrole nitrogens is 1. The van der Waals surface area contributed by atoms with E-state index in [2.05, 4.69) is 25.0 Å². The van der Waals surface area contributed by atoms with Crippen LogP contribution in [0.4, 0.5) is 4.79 Å². The largest absolute Gasteiger partial charge is 0.463 e. The summed E-state index contributed by atoms with van der Waals surface area (Å²) < 4.78 is 44.8. The molecule has 0 radical (unpaired) electrons. The fourth-order valence-electron chi connectivity index (χ4n) is 4.89. The maximum atomic E-state index is 14.2. The molecule has 5 N–H and O–H groups in total. The highest BCUT2D eigenvalue weighted by Crippen LogP contribution is 2.26. The van der Waals surface area contributed by atoms with Crippen LogP contribution in [0, 0.1) is 13.8 Å². The molecule has 47 heavy (non-hydrogen) atoms. The van der Waals surface area contributed by atoms with E-state index in [9.17, 15) is 27.6 Å². The first-order valence-corrected chi connectivity index (χ1v) is 15.9. The van der Waals surface area contributed by atoms with Crippen molar-refractivity contribution >= 4 is 39.0 Å². The number of aryl methyl sites for hydroxylation is 2. The van der Waals surface area contributed by atoms with Gasteiger partial charge in [-0.25, -0.2) is 32.7 Å². The van der Waals surface area contributed by atoms with E-state index in [0.717, 1.165) is 4.57 Å². The third-order valence-electron chi connectivity index (χ3n) is 7.07. The van der Waals surface area contributed by atoms with Gasteiger partial charge in [0.25, 0.3) is 5.56 Å². The van der Waals surface area contributed by atoms with Crippen LogP contribution < -0.4 is 21.3 Å². The molecule has 4 rings (SSSR count). The molecule has 0 aliphatic rings. The number of rotatable bonds is 13. The SMILES string of the molecule is CCOC(=O)c1c(C)cc2nc(COC(=O)NCCOC(=O)[C@@H](N)Cc3cnc[nH]3)n(-c3ccccc3S(=O)(=O)NC)c(=O)c2c1C. The van der Waals surface area contributed by atoms with Crippen molar-refractivity contribution in [2.75, 3.05) is 26.8 Å². The first-order valence-electron chi connectivity index (χ1n) is 14.5. The number of alkyl carbamates (subject to hydrolysis) is 1. The first kappa shape index (κ1) is 34.7. The van der Waals surface area contributed by atoms with Gasteiger partial charge < -0.3 is 30.2 Å². The molecule has 0 aliphatic heterocycles. The van der Waals surface area contributed by atoms with Crippen molar-refractivity contribution in [3.63, 3.8) is 0 Å². The standard InChI is InChI=1S/C30H35N7O9S/c1-5-44-29(40)25-17(2)12-21-26(18(25)3)27(38)37(22-8-6-7-9-23(22)47(42,43)32-4)24(36-21)15-46-30(41)34-10-11-45-28(39)20(31)13-19-14-33-16-35-19/h6-9,12,14,16,20,32H,5,10-11,13,15,31H2,1-4H3,(H,33,35)(H,34,41)/t20-/m0/s1. The molecule has 1 amide bonds. The van der Waals surface area contributed by atoms with E-state index in [0.29, 0.717) is 16.8 Å². The lowest BCUT2D eigenvalue weighted by atomic mass is 9.98. The van der Waals surface area contributed by atoms with Crippen molar-refractivity contribution in [2.24, 2.45) is 5.73 Å². The Labute approximate surface area is 269 Å². The molecule has 0 unspecified atom stereocenters. The van der Waals surface area contributed by atoms with Gasteiger partial charge in [-0.1, -0.05) is 12.1 Å². The molecule has 0 saturated carbocycles. The molecule has 250 valence electrons.